The lowest BCUT2D eigenvalue weighted by Gasteiger charge is -2.16. The Hall–Kier alpha value is -4.24. The lowest BCUT2D eigenvalue weighted by atomic mass is 9.98. The molecule has 9 nitrogen and oxygen atoms in total. The van der Waals surface area contributed by atoms with Gasteiger partial charge in [-0.15, -0.1) is 0 Å². The third-order valence-corrected chi connectivity index (χ3v) is 5.62. The van der Waals surface area contributed by atoms with Gasteiger partial charge in [0, 0.05) is 25.1 Å². The second-order valence-electron chi connectivity index (χ2n) is 7.73. The molecule has 1 atom stereocenters. The smallest absolute Gasteiger partial charge is 0.411 e. The summed E-state index contributed by atoms with van der Waals surface area (Å²) in [4.78, 5) is 40.4. The number of fused-ring (bicyclic) bond motifs is 3. The molecule has 4 rings (SSSR count). The molecule has 2 aromatic carbocycles. The molecule has 4 N–H and O–H groups in total. The summed E-state index contributed by atoms with van der Waals surface area (Å²) in [5.74, 6) is -2.20. The van der Waals surface area contributed by atoms with Gasteiger partial charge in [-0.25, -0.2) is 14.6 Å². The fraction of sp³-hybridized carbons (Fsp3) is 0.200. The number of aliphatic carboxylic acids is 1. The standard InChI is InChI=1S/C25H23N3O6/c29-13-11-21(24(31)32)27-23(30)22-20(10-5-12-26-22)28-25(33)34-14-19-17-8-3-1-6-15(17)16-7-2-4-9-18(16)19/h1-10,12,19,21,29H,11,13-14H2,(H,27,30)(H,28,33)(H,31,32)/t21-/m0/s1. The number of pyridine rings is 1. The van der Waals surface area contributed by atoms with Gasteiger partial charge in [-0.05, 0) is 34.4 Å². The number of amides is 2. The molecule has 34 heavy (non-hydrogen) atoms. The van der Waals surface area contributed by atoms with Crippen molar-refractivity contribution in [3.8, 4) is 11.1 Å². The molecular weight excluding hydrogens is 438 g/mol. The van der Waals surface area contributed by atoms with Crippen molar-refractivity contribution in [2.75, 3.05) is 18.5 Å². The number of benzene rings is 2. The molecule has 0 radical (unpaired) electrons. The van der Waals surface area contributed by atoms with Crippen molar-refractivity contribution in [2.24, 2.45) is 0 Å². The fourth-order valence-corrected chi connectivity index (χ4v) is 4.04. The van der Waals surface area contributed by atoms with E-state index in [1.165, 1.54) is 18.3 Å². The summed E-state index contributed by atoms with van der Waals surface area (Å²) in [5, 5.41) is 23.0. The Bertz CT molecular complexity index is 1180. The van der Waals surface area contributed by atoms with E-state index < -0.39 is 30.6 Å². The van der Waals surface area contributed by atoms with Crippen LogP contribution in [0.3, 0.4) is 0 Å². The first-order chi connectivity index (χ1) is 16.5. The third-order valence-electron chi connectivity index (χ3n) is 5.62. The summed E-state index contributed by atoms with van der Waals surface area (Å²) in [6.45, 7) is -0.316. The molecule has 0 unspecified atom stereocenters. The lowest BCUT2D eigenvalue weighted by molar-refractivity contribution is -0.139. The van der Waals surface area contributed by atoms with Crippen LogP contribution in [0.2, 0.25) is 0 Å². The number of nitrogens with zero attached hydrogens (tertiary/aromatic N) is 1. The van der Waals surface area contributed by atoms with Gasteiger partial charge in [0.25, 0.3) is 5.91 Å². The predicted octanol–water partition coefficient (Wildman–Crippen LogP) is 3.01. The van der Waals surface area contributed by atoms with E-state index in [-0.39, 0.29) is 30.3 Å². The van der Waals surface area contributed by atoms with Crippen LogP contribution in [0.5, 0.6) is 0 Å². The minimum Gasteiger partial charge on any atom is -0.480 e. The normalized spacial score (nSPS) is 12.9. The molecule has 1 heterocycles. The quantitative estimate of drug-likeness (QED) is 0.405. The zero-order chi connectivity index (χ0) is 24.1. The molecule has 1 aliphatic carbocycles. The second kappa shape index (κ2) is 10.1. The number of anilines is 1. The molecule has 9 heteroatoms. The number of carbonyl (C=O) groups is 3. The molecule has 174 valence electrons. The van der Waals surface area contributed by atoms with Crippen molar-refractivity contribution < 1.29 is 29.3 Å². The van der Waals surface area contributed by atoms with Gasteiger partial charge in [0.1, 0.15) is 12.6 Å². The van der Waals surface area contributed by atoms with Crippen LogP contribution in [0, 0.1) is 0 Å². The van der Waals surface area contributed by atoms with Crippen molar-refractivity contribution in [1.29, 1.82) is 0 Å². The molecule has 0 aliphatic heterocycles. The van der Waals surface area contributed by atoms with E-state index in [1.54, 1.807) is 0 Å². The van der Waals surface area contributed by atoms with Gasteiger partial charge in [0.05, 0.1) is 5.69 Å². The zero-order valence-corrected chi connectivity index (χ0v) is 18.1. The summed E-state index contributed by atoms with van der Waals surface area (Å²) in [5.41, 5.74) is 4.26. The van der Waals surface area contributed by atoms with Crippen LogP contribution in [-0.2, 0) is 9.53 Å². The number of nitrogens with one attached hydrogen (secondary N) is 2. The molecule has 1 aliphatic rings. The Kier molecular flexibility index (Phi) is 6.84. The highest BCUT2D eigenvalue weighted by molar-refractivity contribution is 6.02. The number of aliphatic hydroxyl groups is 1. The molecule has 0 saturated carbocycles. The number of carboxylic acid groups (broad SMARTS) is 1. The number of carbonyl (C=O) groups excluding carboxylic acids is 2. The van der Waals surface area contributed by atoms with Gasteiger partial charge < -0.3 is 20.3 Å². The van der Waals surface area contributed by atoms with Gasteiger partial charge in [0.15, 0.2) is 5.69 Å². The lowest BCUT2D eigenvalue weighted by Crippen LogP contribution is -2.42. The van der Waals surface area contributed by atoms with E-state index in [0.717, 1.165) is 22.3 Å². The van der Waals surface area contributed by atoms with Crippen LogP contribution >= 0.6 is 0 Å². The van der Waals surface area contributed by atoms with E-state index >= 15 is 0 Å². The summed E-state index contributed by atoms with van der Waals surface area (Å²) >= 11 is 0. The van der Waals surface area contributed by atoms with Gasteiger partial charge in [0.2, 0.25) is 0 Å². The minimum absolute atomic E-state index is 0.0744. The molecule has 2 amide bonds. The van der Waals surface area contributed by atoms with Crippen LogP contribution in [-0.4, -0.2) is 52.4 Å². The molecule has 1 aromatic heterocycles. The molecule has 3 aromatic rings. The largest absolute Gasteiger partial charge is 0.480 e. The number of ether oxygens (including phenoxy) is 1. The van der Waals surface area contributed by atoms with E-state index in [4.69, 9.17) is 9.84 Å². The summed E-state index contributed by atoms with van der Waals surface area (Å²) in [7, 11) is 0. The number of hydrogen-bond acceptors (Lipinski definition) is 6. The van der Waals surface area contributed by atoms with E-state index in [0.29, 0.717) is 0 Å². The fourth-order valence-electron chi connectivity index (χ4n) is 4.04. The number of carboxylic acids is 1. The van der Waals surface area contributed by atoms with E-state index in [2.05, 4.69) is 15.6 Å². The number of aliphatic hydroxyl groups excluding tert-OH is 1. The average molecular weight is 461 g/mol. The van der Waals surface area contributed by atoms with Crippen LogP contribution in [0.15, 0.2) is 66.9 Å². The van der Waals surface area contributed by atoms with Gasteiger partial charge >= 0.3 is 12.1 Å². The molecule has 0 saturated heterocycles. The Balaban J connectivity index is 1.45. The van der Waals surface area contributed by atoms with Gasteiger partial charge in [-0.3, -0.25) is 10.1 Å². The second-order valence-corrected chi connectivity index (χ2v) is 7.73. The monoisotopic (exact) mass is 461 g/mol. The predicted molar refractivity (Wildman–Crippen MR) is 124 cm³/mol. The zero-order valence-electron chi connectivity index (χ0n) is 18.1. The first-order valence-electron chi connectivity index (χ1n) is 10.7. The van der Waals surface area contributed by atoms with E-state index in [9.17, 15) is 19.5 Å². The van der Waals surface area contributed by atoms with Gasteiger partial charge in [-0.2, -0.15) is 0 Å². The van der Waals surface area contributed by atoms with E-state index in [1.807, 2.05) is 48.5 Å². The highest BCUT2D eigenvalue weighted by Crippen LogP contribution is 2.44. The third kappa shape index (κ3) is 4.74. The van der Waals surface area contributed by atoms with Crippen molar-refractivity contribution in [2.45, 2.75) is 18.4 Å². The van der Waals surface area contributed by atoms with Crippen molar-refractivity contribution in [3.05, 3.63) is 83.7 Å². The van der Waals surface area contributed by atoms with Crippen molar-refractivity contribution >= 4 is 23.7 Å². The summed E-state index contributed by atoms with van der Waals surface area (Å²) < 4.78 is 5.50. The van der Waals surface area contributed by atoms with Gasteiger partial charge in [-0.1, -0.05) is 48.5 Å². The summed E-state index contributed by atoms with van der Waals surface area (Å²) in [6.07, 6.45) is 0.414. The highest BCUT2D eigenvalue weighted by atomic mass is 16.5. The van der Waals surface area contributed by atoms with Crippen LogP contribution in [0.1, 0.15) is 34.0 Å². The van der Waals surface area contributed by atoms with Crippen LogP contribution < -0.4 is 10.6 Å². The Morgan fingerprint density at radius 3 is 2.24 bits per heavy atom. The SMILES string of the molecule is O=C(Nc1cccnc1C(=O)N[C@@H](CCO)C(=O)O)OCC1c2ccccc2-c2ccccc21. The Morgan fingerprint density at radius 2 is 1.62 bits per heavy atom. The van der Waals surface area contributed by atoms with Crippen molar-refractivity contribution in [3.63, 3.8) is 0 Å². The maximum atomic E-state index is 12.6. The average Bonchev–Trinajstić information content (AvgIpc) is 3.16. The Morgan fingerprint density at radius 1 is 0.971 bits per heavy atom. The molecule has 0 bridgehead atoms. The number of rotatable bonds is 8. The molecule has 0 spiro atoms. The van der Waals surface area contributed by atoms with Crippen LogP contribution in [0.4, 0.5) is 10.5 Å². The minimum atomic E-state index is -1.29. The Labute approximate surface area is 195 Å². The molecule has 0 fully saturated rings. The topological polar surface area (TPSA) is 138 Å². The maximum absolute atomic E-state index is 12.6. The maximum Gasteiger partial charge on any atom is 0.411 e. The highest BCUT2D eigenvalue weighted by Gasteiger charge is 2.29. The molecular formula is C25H23N3O6. The number of aromatic nitrogens is 1. The number of hydrogen-bond donors (Lipinski definition) is 4. The summed E-state index contributed by atoms with van der Waals surface area (Å²) in [6, 6.07) is 17.6. The van der Waals surface area contributed by atoms with Crippen molar-refractivity contribution in [1.82, 2.24) is 10.3 Å². The first-order valence-corrected chi connectivity index (χ1v) is 10.7. The first kappa shape index (κ1) is 22.9. The van der Waals surface area contributed by atoms with Crippen LogP contribution in [0.25, 0.3) is 11.1 Å².